The van der Waals surface area contributed by atoms with Crippen LogP contribution in [0.25, 0.3) is 0 Å². The second-order valence-corrected chi connectivity index (χ2v) is 9.35. The lowest BCUT2D eigenvalue weighted by atomic mass is 10.0. The van der Waals surface area contributed by atoms with Crippen LogP contribution >= 0.6 is 11.6 Å². The van der Waals surface area contributed by atoms with Crippen molar-refractivity contribution in [2.75, 3.05) is 26.2 Å². The molecule has 132 valence electrons. The van der Waals surface area contributed by atoms with Gasteiger partial charge in [0.05, 0.1) is 4.90 Å². The van der Waals surface area contributed by atoms with Crippen molar-refractivity contribution < 1.29 is 8.42 Å². The quantitative estimate of drug-likeness (QED) is 0.823. The molecule has 0 aliphatic carbocycles. The van der Waals surface area contributed by atoms with Crippen molar-refractivity contribution >= 4 is 21.6 Å². The van der Waals surface area contributed by atoms with Gasteiger partial charge in [-0.15, -0.1) is 0 Å². The summed E-state index contributed by atoms with van der Waals surface area (Å²) in [5, 5.41) is 0.754. The number of likely N-dealkylation sites (tertiary alicyclic amines) is 1. The summed E-state index contributed by atoms with van der Waals surface area (Å²) in [6.07, 6.45) is 0. The Bertz CT molecular complexity index is 825. The van der Waals surface area contributed by atoms with E-state index in [0.717, 1.165) is 24.7 Å². The van der Waals surface area contributed by atoms with E-state index in [1.165, 1.54) is 5.56 Å². The van der Waals surface area contributed by atoms with Crippen LogP contribution in [-0.4, -0.2) is 43.8 Å². The van der Waals surface area contributed by atoms with Crippen molar-refractivity contribution in [2.24, 2.45) is 11.8 Å². The molecule has 2 aliphatic heterocycles. The molecule has 0 radical (unpaired) electrons. The number of halogens is 1. The van der Waals surface area contributed by atoms with Crippen LogP contribution in [0.2, 0.25) is 5.02 Å². The van der Waals surface area contributed by atoms with Crippen molar-refractivity contribution in [3.05, 3.63) is 65.2 Å². The lowest BCUT2D eigenvalue weighted by molar-refractivity contribution is 0.289. The molecule has 0 bridgehead atoms. The lowest BCUT2D eigenvalue weighted by Crippen LogP contribution is -2.33. The zero-order valence-corrected chi connectivity index (χ0v) is 15.5. The SMILES string of the molecule is O=S(=O)(c1ccccc1)N1C[C@@H]2CN(Cc3ccc(Cl)cc3)C[C@H]2C1. The zero-order chi connectivity index (χ0) is 17.4. The standard InChI is InChI=1S/C19H21ClN2O2S/c20-18-8-6-15(7-9-18)10-21-11-16-13-22(14-17(16)12-21)25(23,24)19-4-2-1-3-5-19/h1-9,16-17H,10-14H2/t16-,17-/m0/s1. The first-order valence-electron chi connectivity index (χ1n) is 8.54. The monoisotopic (exact) mass is 376 g/mol. The zero-order valence-electron chi connectivity index (χ0n) is 13.9. The second kappa shape index (κ2) is 6.72. The van der Waals surface area contributed by atoms with Gasteiger partial charge in [0.1, 0.15) is 0 Å². The minimum Gasteiger partial charge on any atom is -0.298 e. The fourth-order valence-electron chi connectivity index (χ4n) is 3.96. The molecule has 6 heteroatoms. The van der Waals surface area contributed by atoms with Crippen LogP contribution < -0.4 is 0 Å². The van der Waals surface area contributed by atoms with Gasteiger partial charge in [-0.25, -0.2) is 8.42 Å². The molecule has 0 unspecified atom stereocenters. The number of hydrogen-bond donors (Lipinski definition) is 0. The summed E-state index contributed by atoms with van der Waals surface area (Å²) in [6.45, 7) is 4.05. The van der Waals surface area contributed by atoms with Crippen molar-refractivity contribution in [2.45, 2.75) is 11.4 Å². The van der Waals surface area contributed by atoms with E-state index in [2.05, 4.69) is 17.0 Å². The van der Waals surface area contributed by atoms with Crippen LogP contribution in [0.15, 0.2) is 59.5 Å². The first kappa shape index (κ1) is 17.0. The minimum atomic E-state index is -3.36. The first-order chi connectivity index (χ1) is 12.0. The van der Waals surface area contributed by atoms with E-state index in [4.69, 9.17) is 11.6 Å². The smallest absolute Gasteiger partial charge is 0.243 e. The van der Waals surface area contributed by atoms with Gasteiger partial charge >= 0.3 is 0 Å². The molecule has 0 N–H and O–H groups in total. The second-order valence-electron chi connectivity index (χ2n) is 6.98. The number of nitrogens with zero attached hydrogens (tertiary/aromatic N) is 2. The Hall–Kier alpha value is -1.40. The topological polar surface area (TPSA) is 40.6 Å². The van der Waals surface area contributed by atoms with Gasteiger partial charge in [0.25, 0.3) is 0 Å². The third-order valence-corrected chi connectivity index (χ3v) is 7.33. The molecular weight excluding hydrogens is 356 g/mol. The molecule has 2 aromatic carbocycles. The van der Waals surface area contributed by atoms with Crippen molar-refractivity contribution in [3.63, 3.8) is 0 Å². The summed E-state index contributed by atoms with van der Waals surface area (Å²) >= 11 is 5.94. The van der Waals surface area contributed by atoms with Gasteiger partial charge in [-0.2, -0.15) is 4.31 Å². The number of sulfonamides is 1. The van der Waals surface area contributed by atoms with Crippen LogP contribution in [0.4, 0.5) is 0 Å². The highest BCUT2D eigenvalue weighted by molar-refractivity contribution is 7.89. The Labute approximate surface area is 154 Å². The van der Waals surface area contributed by atoms with Crippen molar-refractivity contribution in [3.8, 4) is 0 Å². The van der Waals surface area contributed by atoms with Gasteiger partial charge in [-0.1, -0.05) is 41.9 Å². The summed E-state index contributed by atoms with van der Waals surface area (Å²) in [5.74, 6) is 0.844. The highest BCUT2D eigenvalue weighted by atomic mass is 35.5. The number of benzene rings is 2. The van der Waals surface area contributed by atoms with Gasteiger partial charge < -0.3 is 0 Å². The van der Waals surface area contributed by atoms with E-state index in [0.29, 0.717) is 29.8 Å². The predicted octanol–water partition coefficient (Wildman–Crippen LogP) is 3.09. The number of hydrogen-bond acceptors (Lipinski definition) is 3. The Morgan fingerprint density at radius 1 is 0.880 bits per heavy atom. The fourth-order valence-corrected chi connectivity index (χ4v) is 5.66. The average Bonchev–Trinajstić information content (AvgIpc) is 3.17. The summed E-state index contributed by atoms with van der Waals surface area (Å²) in [4.78, 5) is 2.82. The van der Waals surface area contributed by atoms with E-state index in [9.17, 15) is 8.42 Å². The van der Waals surface area contributed by atoms with Gasteiger partial charge in [-0.3, -0.25) is 4.90 Å². The Kier molecular flexibility index (Phi) is 4.58. The molecule has 25 heavy (non-hydrogen) atoms. The lowest BCUT2D eigenvalue weighted by Gasteiger charge is -2.21. The maximum atomic E-state index is 12.8. The summed E-state index contributed by atoms with van der Waals surface area (Å²) < 4.78 is 27.2. The van der Waals surface area contributed by atoms with E-state index in [1.807, 2.05) is 18.2 Å². The van der Waals surface area contributed by atoms with E-state index in [-0.39, 0.29) is 0 Å². The summed E-state index contributed by atoms with van der Waals surface area (Å²) in [6, 6.07) is 16.7. The molecular formula is C19H21ClN2O2S. The van der Waals surface area contributed by atoms with E-state index in [1.54, 1.807) is 28.6 Å². The fraction of sp³-hybridized carbons (Fsp3) is 0.368. The Morgan fingerprint density at radius 2 is 1.48 bits per heavy atom. The molecule has 0 aromatic heterocycles. The molecule has 2 saturated heterocycles. The molecule has 2 heterocycles. The highest BCUT2D eigenvalue weighted by Crippen LogP contribution is 2.34. The van der Waals surface area contributed by atoms with Crippen LogP contribution in [0, 0.1) is 11.8 Å². The largest absolute Gasteiger partial charge is 0.298 e. The van der Waals surface area contributed by atoms with Gasteiger partial charge in [0.15, 0.2) is 0 Å². The summed E-state index contributed by atoms with van der Waals surface area (Å²) in [5.41, 5.74) is 1.25. The van der Waals surface area contributed by atoms with Crippen LogP contribution in [-0.2, 0) is 16.6 Å². The van der Waals surface area contributed by atoms with Crippen LogP contribution in [0.5, 0.6) is 0 Å². The molecule has 0 saturated carbocycles. The van der Waals surface area contributed by atoms with E-state index >= 15 is 0 Å². The molecule has 2 atom stereocenters. The van der Waals surface area contributed by atoms with Gasteiger partial charge in [0.2, 0.25) is 10.0 Å². The average molecular weight is 377 g/mol. The van der Waals surface area contributed by atoms with Gasteiger partial charge in [0, 0.05) is 37.7 Å². The maximum Gasteiger partial charge on any atom is 0.243 e. The molecule has 0 amide bonds. The first-order valence-corrected chi connectivity index (χ1v) is 10.4. The molecule has 2 fully saturated rings. The summed E-state index contributed by atoms with van der Waals surface area (Å²) in [7, 11) is -3.36. The molecule has 4 rings (SSSR count). The Morgan fingerprint density at radius 3 is 2.08 bits per heavy atom. The van der Waals surface area contributed by atoms with Crippen molar-refractivity contribution in [1.29, 1.82) is 0 Å². The predicted molar refractivity (Wildman–Crippen MR) is 98.9 cm³/mol. The van der Waals surface area contributed by atoms with Crippen LogP contribution in [0.3, 0.4) is 0 Å². The molecule has 0 spiro atoms. The molecule has 2 aliphatic rings. The molecule has 2 aromatic rings. The van der Waals surface area contributed by atoms with E-state index < -0.39 is 10.0 Å². The number of rotatable bonds is 4. The van der Waals surface area contributed by atoms with Gasteiger partial charge in [-0.05, 0) is 41.7 Å². The maximum absolute atomic E-state index is 12.8. The number of fused-ring (bicyclic) bond motifs is 1. The normalized spacial score (nSPS) is 24.5. The third-order valence-electron chi connectivity index (χ3n) is 5.23. The Balaban J connectivity index is 1.40. The van der Waals surface area contributed by atoms with Crippen molar-refractivity contribution in [1.82, 2.24) is 9.21 Å². The minimum absolute atomic E-state index is 0.396. The molecule has 4 nitrogen and oxygen atoms in total. The highest BCUT2D eigenvalue weighted by Gasteiger charge is 2.44. The third kappa shape index (κ3) is 3.47. The van der Waals surface area contributed by atoms with Crippen LogP contribution in [0.1, 0.15) is 5.56 Å².